The summed E-state index contributed by atoms with van der Waals surface area (Å²) in [5.41, 5.74) is -0.158. The monoisotopic (exact) mass is 280 g/mol. The lowest BCUT2D eigenvalue weighted by Crippen LogP contribution is -2.42. The van der Waals surface area contributed by atoms with E-state index in [9.17, 15) is 13.6 Å². The summed E-state index contributed by atoms with van der Waals surface area (Å²) in [6.07, 6.45) is 4.04. The Labute approximate surface area is 117 Å². The Morgan fingerprint density at radius 1 is 1.30 bits per heavy atom. The minimum Gasteiger partial charge on any atom is -0.334 e. The molecule has 0 bridgehead atoms. The predicted octanol–water partition coefficient (Wildman–Crippen LogP) is 2.32. The fraction of sp³-hybridized carbons (Fsp3) is 0.533. The molecular weight excluding hydrogens is 262 g/mol. The first-order valence-electron chi connectivity index (χ1n) is 7.15. The maximum absolute atomic E-state index is 13.8. The van der Waals surface area contributed by atoms with Crippen molar-refractivity contribution in [3.8, 4) is 0 Å². The molecule has 1 aliphatic carbocycles. The maximum atomic E-state index is 13.8. The summed E-state index contributed by atoms with van der Waals surface area (Å²) in [6.45, 7) is 1.55. The third-order valence-electron chi connectivity index (χ3n) is 4.01. The van der Waals surface area contributed by atoms with Gasteiger partial charge in [-0.25, -0.2) is 8.78 Å². The van der Waals surface area contributed by atoms with Gasteiger partial charge in [-0.1, -0.05) is 6.07 Å². The predicted molar refractivity (Wildman–Crippen MR) is 71.4 cm³/mol. The summed E-state index contributed by atoms with van der Waals surface area (Å²) in [7, 11) is 0. The highest BCUT2D eigenvalue weighted by molar-refractivity contribution is 5.95. The second kappa shape index (κ2) is 5.48. The van der Waals surface area contributed by atoms with Gasteiger partial charge in [0.2, 0.25) is 0 Å². The van der Waals surface area contributed by atoms with Gasteiger partial charge in [0, 0.05) is 18.6 Å². The van der Waals surface area contributed by atoms with Gasteiger partial charge in [-0.3, -0.25) is 4.79 Å². The lowest BCUT2D eigenvalue weighted by molar-refractivity contribution is 0.0722. The zero-order valence-electron chi connectivity index (χ0n) is 11.2. The van der Waals surface area contributed by atoms with Gasteiger partial charge in [0.1, 0.15) is 0 Å². The fourth-order valence-electron chi connectivity index (χ4n) is 2.76. The van der Waals surface area contributed by atoms with Crippen molar-refractivity contribution in [3.63, 3.8) is 0 Å². The van der Waals surface area contributed by atoms with Gasteiger partial charge in [-0.2, -0.15) is 0 Å². The minimum absolute atomic E-state index is 0.158. The zero-order valence-corrected chi connectivity index (χ0v) is 11.2. The van der Waals surface area contributed by atoms with Crippen LogP contribution < -0.4 is 5.32 Å². The summed E-state index contributed by atoms with van der Waals surface area (Å²) in [6, 6.07) is 4.23. The summed E-state index contributed by atoms with van der Waals surface area (Å²) in [5, 5.41) is 3.34. The van der Waals surface area contributed by atoms with Crippen molar-refractivity contribution in [3.05, 3.63) is 35.4 Å². The summed E-state index contributed by atoms with van der Waals surface area (Å²) in [4.78, 5) is 14.2. The molecule has 2 fully saturated rings. The van der Waals surface area contributed by atoms with Crippen LogP contribution in [0.3, 0.4) is 0 Å². The molecule has 2 aliphatic rings. The van der Waals surface area contributed by atoms with E-state index in [2.05, 4.69) is 5.32 Å². The first-order valence-corrected chi connectivity index (χ1v) is 7.15. The van der Waals surface area contributed by atoms with Crippen LogP contribution in [0.2, 0.25) is 0 Å². The molecule has 3 rings (SSSR count). The molecule has 1 unspecified atom stereocenters. The van der Waals surface area contributed by atoms with E-state index in [1.54, 1.807) is 4.90 Å². The van der Waals surface area contributed by atoms with E-state index >= 15 is 0 Å². The number of hydrogen-bond acceptors (Lipinski definition) is 2. The van der Waals surface area contributed by atoms with Crippen molar-refractivity contribution >= 4 is 5.91 Å². The van der Waals surface area contributed by atoms with Crippen LogP contribution in [0.25, 0.3) is 0 Å². The Kier molecular flexibility index (Phi) is 3.70. The Morgan fingerprint density at radius 2 is 2.10 bits per heavy atom. The third-order valence-corrected chi connectivity index (χ3v) is 4.01. The smallest absolute Gasteiger partial charge is 0.257 e. The van der Waals surface area contributed by atoms with E-state index in [1.807, 2.05) is 0 Å². The molecule has 0 spiro atoms. The van der Waals surface area contributed by atoms with Crippen LogP contribution in [-0.4, -0.2) is 36.0 Å². The highest BCUT2D eigenvalue weighted by atomic mass is 19.2. The number of nitrogens with zero attached hydrogens (tertiary/aromatic N) is 1. The first kappa shape index (κ1) is 13.5. The molecule has 0 radical (unpaired) electrons. The Balaban J connectivity index is 1.79. The molecule has 1 saturated carbocycles. The van der Waals surface area contributed by atoms with Gasteiger partial charge in [-0.15, -0.1) is 0 Å². The molecular formula is C15H18F2N2O. The van der Waals surface area contributed by atoms with Gasteiger partial charge < -0.3 is 10.2 Å². The molecule has 1 heterocycles. The standard InChI is InChI=1S/C15H18F2N2O/c16-13-5-1-4-12(14(13)17)15(20)19(11-6-7-11)9-10-3-2-8-18-10/h1,4-5,10-11,18H,2-3,6-9H2. The van der Waals surface area contributed by atoms with Crippen LogP contribution >= 0.6 is 0 Å². The molecule has 108 valence electrons. The van der Waals surface area contributed by atoms with Crippen LogP contribution in [0.5, 0.6) is 0 Å². The Morgan fingerprint density at radius 3 is 2.75 bits per heavy atom. The second-order valence-electron chi connectivity index (χ2n) is 5.58. The first-order chi connectivity index (χ1) is 9.66. The third kappa shape index (κ3) is 2.68. The number of halogens is 2. The second-order valence-corrected chi connectivity index (χ2v) is 5.58. The van der Waals surface area contributed by atoms with Crippen molar-refractivity contribution in [2.45, 2.75) is 37.8 Å². The average molecular weight is 280 g/mol. The normalized spacial score (nSPS) is 22.0. The molecule has 20 heavy (non-hydrogen) atoms. The van der Waals surface area contributed by atoms with E-state index in [0.29, 0.717) is 6.54 Å². The van der Waals surface area contributed by atoms with E-state index in [4.69, 9.17) is 0 Å². The number of nitrogens with one attached hydrogen (secondary N) is 1. The summed E-state index contributed by atoms with van der Waals surface area (Å²) >= 11 is 0. The van der Waals surface area contributed by atoms with Crippen molar-refractivity contribution in [1.82, 2.24) is 10.2 Å². The molecule has 1 saturated heterocycles. The minimum atomic E-state index is -1.04. The summed E-state index contributed by atoms with van der Waals surface area (Å²) < 4.78 is 27.0. The lowest BCUT2D eigenvalue weighted by Gasteiger charge is -2.26. The zero-order chi connectivity index (χ0) is 14.1. The van der Waals surface area contributed by atoms with E-state index in [0.717, 1.165) is 38.3 Å². The highest BCUT2D eigenvalue weighted by Gasteiger charge is 2.36. The van der Waals surface area contributed by atoms with Crippen LogP contribution in [0.1, 0.15) is 36.0 Å². The molecule has 1 atom stereocenters. The number of rotatable bonds is 4. The van der Waals surface area contributed by atoms with E-state index < -0.39 is 17.5 Å². The van der Waals surface area contributed by atoms with Crippen molar-refractivity contribution in [1.29, 1.82) is 0 Å². The number of hydrogen-bond donors (Lipinski definition) is 1. The topological polar surface area (TPSA) is 32.3 Å². The highest BCUT2D eigenvalue weighted by Crippen LogP contribution is 2.29. The van der Waals surface area contributed by atoms with Gasteiger partial charge in [0.15, 0.2) is 11.6 Å². The number of benzene rings is 1. The molecule has 5 heteroatoms. The van der Waals surface area contributed by atoms with Crippen LogP contribution in [-0.2, 0) is 0 Å². The number of carbonyl (C=O) groups is 1. The summed E-state index contributed by atoms with van der Waals surface area (Å²) in [5.74, 6) is -2.40. The van der Waals surface area contributed by atoms with E-state index in [-0.39, 0.29) is 17.6 Å². The molecule has 1 aromatic carbocycles. The van der Waals surface area contributed by atoms with Gasteiger partial charge in [-0.05, 0) is 44.4 Å². The number of carbonyl (C=O) groups excluding carboxylic acids is 1. The average Bonchev–Trinajstić information content (AvgIpc) is 3.15. The van der Waals surface area contributed by atoms with E-state index in [1.165, 1.54) is 12.1 Å². The quantitative estimate of drug-likeness (QED) is 0.918. The molecule has 1 amide bonds. The van der Waals surface area contributed by atoms with Crippen molar-refractivity contribution in [2.75, 3.05) is 13.1 Å². The van der Waals surface area contributed by atoms with Gasteiger partial charge >= 0.3 is 0 Å². The van der Waals surface area contributed by atoms with Crippen molar-refractivity contribution in [2.24, 2.45) is 0 Å². The van der Waals surface area contributed by atoms with Crippen LogP contribution in [0.4, 0.5) is 8.78 Å². The van der Waals surface area contributed by atoms with Crippen molar-refractivity contribution < 1.29 is 13.6 Å². The SMILES string of the molecule is O=C(c1cccc(F)c1F)N(CC1CCCN1)C1CC1. The number of amides is 1. The Bertz CT molecular complexity index is 511. The largest absolute Gasteiger partial charge is 0.334 e. The molecule has 3 nitrogen and oxygen atoms in total. The van der Waals surface area contributed by atoms with Gasteiger partial charge in [0.05, 0.1) is 5.56 Å². The maximum Gasteiger partial charge on any atom is 0.257 e. The fourth-order valence-corrected chi connectivity index (χ4v) is 2.76. The molecule has 0 aromatic heterocycles. The molecule has 1 aromatic rings. The van der Waals surface area contributed by atoms with Crippen LogP contribution in [0.15, 0.2) is 18.2 Å². The molecule has 1 aliphatic heterocycles. The van der Waals surface area contributed by atoms with Crippen LogP contribution in [0, 0.1) is 11.6 Å². The van der Waals surface area contributed by atoms with Gasteiger partial charge in [0.25, 0.3) is 5.91 Å². The lowest BCUT2D eigenvalue weighted by atomic mass is 10.1. The molecule has 1 N–H and O–H groups in total. The Hall–Kier alpha value is -1.49.